The molecule has 0 amide bonds. The Morgan fingerprint density at radius 2 is 1.00 bits per heavy atom. The summed E-state index contributed by atoms with van der Waals surface area (Å²) in [4.78, 5) is 38.7. The van der Waals surface area contributed by atoms with E-state index in [1.54, 1.807) is 0 Å². The zero-order valence-corrected chi connectivity index (χ0v) is 11.1. The molecular weight excluding hydrogens is 276 g/mol. The summed E-state index contributed by atoms with van der Waals surface area (Å²) < 4.78 is 0. The van der Waals surface area contributed by atoms with Crippen LogP contribution in [0.2, 0.25) is 0 Å². The summed E-state index contributed by atoms with van der Waals surface area (Å²) in [6, 6.07) is -2.93. The van der Waals surface area contributed by atoms with E-state index in [1.165, 1.54) is 0 Å². The fourth-order valence-electron chi connectivity index (χ4n) is 0.526. The van der Waals surface area contributed by atoms with E-state index in [2.05, 4.69) is 0 Å². The van der Waals surface area contributed by atoms with Crippen molar-refractivity contribution in [3.8, 4) is 0 Å². The Hall–Kier alpha value is -1.43. The topological polar surface area (TPSA) is 213 Å². The van der Waals surface area contributed by atoms with Gasteiger partial charge in [0.25, 0.3) is 0 Å². The minimum atomic E-state index is -1.58. The van der Waals surface area contributed by atoms with Crippen LogP contribution >= 0.6 is 0 Å². The number of aliphatic carboxylic acids is 4. The number of carbonyl (C=O) groups excluding carboxylic acids is 4. The Labute approximate surface area is 126 Å². The first-order chi connectivity index (χ1) is 8.07. The van der Waals surface area contributed by atoms with Gasteiger partial charge < -0.3 is 51.1 Å². The van der Waals surface area contributed by atoms with E-state index < -0.39 is 48.8 Å². The van der Waals surface area contributed by atoms with Gasteiger partial charge in [-0.1, -0.05) is 0 Å². The Kier molecular flexibility index (Phi) is 13.9. The molecule has 0 unspecified atom stereocenters. The predicted octanol–water partition coefficient (Wildman–Crippen LogP) is -7.75. The van der Waals surface area contributed by atoms with Crippen molar-refractivity contribution in [3.63, 3.8) is 0 Å². The molecule has 0 aliphatic carbocycles. The van der Waals surface area contributed by atoms with Crippen molar-refractivity contribution < 1.29 is 42.5 Å². The Balaban J connectivity index is -0.0000000711. The van der Waals surface area contributed by atoms with E-state index in [1.807, 2.05) is 0 Å². The average Bonchev–Trinajstić information content (AvgIpc) is 2.16. The minimum absolute atomic E-state index is 0. The van der Waals surface area contributed by atoms with Gasteiger partial charge in [-0.3, -0.25) is 0 Å². The third-order valence-electron chi connectivity index (χ3n) is 1.38. The molecule has 11 heteroatoms. The van der Waals surface area contributed by atoms with E-state index in [9.17, 15) is 39.6 Å². The molecule has 0 bridgehead atoms. The van der Waals surface area contributed by atoms with Crippen LogP contribution in [0.15, 0.2) is 0 Å². The number of carboxylic acids is 4. The summed E-state index contributed by atoms with van der Waals surface area (Å²) in [7, 11) is 0. The normalized spacial score (nSPS) is 11.9. The van der Waals surface area contributed by atoms with Gasteiger partial charge in [0.15, 0.2) is 0 Å². The summed E-state index contributed by atoms with van der Waals surface area (Å²) in [6.07, 6.45) is -1.41. The second-order valence-corrected chi connectivity index (χ2v) is 3.00. The summed E-state index contributed by atoms with van der Waals surface area (Å²) in [5, 5.41) is 38.7. The quantitative estimate of drug-likeness (QED) is 0.440. The van der Waals surface area contributed by atoms with Crippen molar-refractivity contribution in [1.29, 1.82) is 0 Å². The van der Waals surface area contributed by atoms with Crippen molar-refractivity contribution >= 4 is 46.9 Å². The molecule has 0 aromatic rings. The SMILES string of the molecule is N[C@@H](CC(=O)[O-])C(=O)[O-].N[C@@H](CC(=O)[O-])C(=O)[O-].[H+].[H+].[Mg+2]. The predicted molar refractivity (Wildman–Crippen MR) is 53.2 cm³/mol. The number of rotatable bonds is 6. The van der Waals surface area contributed by atoms with Gasteiger partial charge in [0, 0.05) is 36.9 Å². The first kappa shape index (κ1) is 22.7. The molecule has 0 aliphatic rings. The van der Waals surface area contributed by atoms with Crippen LogP contribution in [0.3, 0.4) is 0 Å². The molecule has 0 saturated carbocycles. The number of hydrogen-bond acceptors (Lipinski definition) is 10. The first-order valence-electron chi connectivity index (χ1n) is 4.40. The smallest absolute Gasteiger partial charge is 0.550 e. The summed E-state index contributed by atoms with van der Waals surface area (Å²) in [6.45, 7) is 0. The van der Waals surface area contributed by atoms with Gasteiger partial charge >= 0.3 is 25.9 Å². The van der Waals surface area contributed by atoms with Crippen LogP contribution in [0, 0.1) is 0 Å². The molecule has 10 nitrogen and oxygen atoms in total. The average molecular weight is 288 g/mol. The first-order valence-corrected chi connectivity index (χ1v) is 4.40. The zero-order valence-electron chi connectivity index (χ0n) is 11.7. The van der Waals surface area contributed by atoms with Crippen molar-refractivity contribution in [2.75, 3.05) is 0 Å². The van der Waals surface area contributed by atoms with Gasteiger partial charge in [-0.15, -0.1) is 0 Å². The maximum Gasteiger partial charge on any atom is 2.00 e. The van der Waals surface area contributed by atoms with E-state index in [0.717, 1.165) is 0 Å². The molecule has 104 valence electrons. The second-order valence-electron chi connectivity index (χ2n) is 3.00. The van der Waals surface area contributed by atoms with E-state index >= 15 is 0 Å². The standard InChI is InChI=1S/2C4H7NO4.Mg/c2*5-2(4(8)9)1-3(6)7;/h2*2H,1,5H2,(H,6,7)(H,8,9);/q;;+2/p-2/t2*2-;/m00./s1. The van der Waals surface area contributed by atoms with Crippen molar-refractivity contribution in [1.82, 2.24) is 0 Å². The molecule has 0 heterocycles. The Morgan fingerprint density at radius 1 is 0.789 bits per heavy atom. The number of hydrogen-bond donors (Lipinski definition) is 2. The molecule has 0 radical (unpaired) electrons. The van der Waals surface area contributed by atoms with Gasteiger partial charge in [0.2, 0.25) is 0 Å². The molecule has 0 aromatic heterocycles. The largest absolute Gasteiger partial charge is 2.00 e. The van der Waals surface area contributed by atoms with E-state index in [4.69, 9.17) is 11.5 Å². The van der Waals surface area contributed by atoms with E-state index in [-0.39, 0.29) is 25.9 Å². The van der Waals surface area contributed by atoms with Crippen molar-refractivity contribution in [2.24, 2.45) is 11.5 Å². The minimum Gasteiger partial charge on any atom is -0.550 e. The fraction of sp³-hybridized carbons (Fsp3) is 0.500. The number of carboxylic acid groups (broad SMARTS) is 4. The number of nitrogens with two attached hydrogens (primary N) is 2. The molecule has 0 aliphatic heterocycles. The van der Waals surface area contributed by atoms with E-state index in [0.29, 0.717) is 0 Å². The van der Waals surface area contributed by atoms with Gasteiger partial charge in [0.1, 0.15) is 0 Å². The van der Waals surface area contributed by atoms with Crippen LogP contribution in [0.4, 0.5) is 0 Å². The summed E-state index contributed by atoms with van der Waals surface area (Å²) in [5.41, 5.74) is 9.47. The summed E-state index contributed by atoms with van der Waals surface area (Å²) in [5.74, 6) is -6.16. The molecule has 0 spiro atoms. The maximum atomic E-state index is 9.71. The van der Waals surface area contributed by atoms with Gasteiger partial charge in [-0.25, -0.2) is 0 Å². The monoisotopic (exact) mass is 288 g/mol. The van der Waals surface area contributed by atoms with Gasteiger partial charge in [-0.2, -0.15) is 0 Å². The summed E-state index contributed by atoms with van der Waals surface area (Å²) >= 11 is 0. The molecule has 0 saturated heterocycles. The van der Waals surface area contributed by atoms with Gasteiger partial charge in [0.05, 0.1) is 11.9 Å². The molecule has 0 aromatic carbocycles. The van der Waals surface area contributed by atoms with Gasteiger partial charge in [-0.05, 0) is 0 Å². The van der Waals surface area contributed by atoms with Crippen LogP contribution in [-0.4, -0.2) is 59.0 Å². The molecule has 4 N–H and O–H groups in total. The Morgan fingerprint density at radius 3 is 1.05 bits per heavy atom. The molecule has 19 heavy (non-hydrogen) atoms. The Bertz CT molecular complexity index is 312. The van der Waals surface area contributed by atoms with Crippen LogP contribution in [0.1, 0.15) is 15.7 Å². The van der Waals surface area contributed by atoms with Crippen LogP contribution in [0.25, 0.3) is 0 Å². The maximum absolute atomic E-state index is 9.71. The fourth-order valence-corrected chi connectivity index (χ4v) is 0.526. The van der Waals surface area contributed by atoms with Crippen LogP contribution < -0.4 is 31.9 Å². The molecule has 0 rings (SSSR count). The van der Waals surface area contributed by atoms with Crippen LogP contribution in [-0.2, 0) is 19.2 Å². The third kappa shape index (κ3) is 16.6. The molecular formula is C8H12MgN2O8. The zero-order chi connectivity index (χ0) is 14.9. The second kappa shape index (κ2) is 11.6. The third-order valence-corrected chi connectivity index (χ3v) is 1.38. The molecule has 0 fully saturated rings. The number of carbonyl (C=O) groups is 4. The molecule has 2 atom stereocenters. The van der Waals surface area contributed by atoms with Crippen LogP contribution in [0.5, 0.6) is 0 Å². The van der Waals surface area contributed by atoms with Crippen molar-refractivity contribution in [3.05, 3.63) is 0 Å². The van der Waals surface area contributed by atoms with Crippen molar-refractivity contribution in [2.45, 2.75) is 24.9 Å².